The van der Waals surface area contributed by atoms with Crippen molar-refractivity contribution in [1.82, 2.24) is 5.48 Å². The van der Waals surface area contributed by atoms with E-state index in [0.717, 1.165) is 17.4 Å². The summed E-state index contributed by atoms with van der Waals surface area (Å²) in [5.41, 5.74) is 5.28. The van der Waals surface area contributed by atoms with Gasteiger partial charge >= 0.3 is 0 Å². The number of hydrogen-bond acceptors (Lipinski definition) is 4. The summed E-state index contributed by atoms with van der Waals surface area (Å²) in [5.74, 6) is 0.426. The van der Waals surface area contributed by atoms with Crippen molar-refractivity contribution < 1.29 is 17.6 Å². The zero-order valence-corrected chi connectivity index (χ0v) is 16.5. The van der Waals surface area contributed by atoms with Crippen LogP contribution < -0.4 is 14.6 Å². The van der Waals surface area contributed by atoms with Crippen molar-refractivity contribution in [3.05, 3.63) is 59.4 Å². The third-order valence-corrected chi connectivity index (χ3v) is 5.37. The van der Waals surface area contributed by atoms with E-state index in [1.807, 2.05) is 32.9 Å². The van der Waals surface area contributed by atoms with Crippen molar-refractivity contribution in [2.45, 2.75) is 32.7 Å². The highest BCUT2D eigenvalue weighted by molar-refractivity contribution is 7.92. The van der Waals surface area contributed by atoms with Crippen LogP contribution in [0.2, 0.25) is 0 Å². The molecule has 0 aliphatic heterocycles. The Hall–Kier alpha value is -2.12. The molecular formula is C19H25FN2O3S. The molecule has 0 unspecified atom stereocenters. The van der Waals surface area contributed by atoms with E-state index < -0.39 is 10.0 Å². The van der Waals surface area contributed by atoms with Crippen LogP contribution >= 0.6 is 0 Å². The van der Waals surface area contributed by atoms with E-state index in [-0.39, 0.29) is 17.8 Å². The molecule has 26 heavy (non-hydrogen) atoms. The Balaban J connectivity index is 2.22. The fraction of sp³-hybridized carbons (Fsp3) is 0.368. The highest BCUT2D eigenvalue weighted by Gasteiger charge is 2.16. The number of halogens is 1. The highest BCUT2D eigenvalue weighted by Crippen LogP contribution is 2.29. The van der Waals surface area contributed by atoms with Crippen LogP contribution in [0, 0.1) is 5.82 Å². The Morgan fingerprint density at radius 1 is 1.04 bits per heavy atom. The first-order chi connectivity index (χ1) is 12.1. The van der Waals surface area contributed by atoms with Crippen LogP contribution in [0.3, 0.4) is 0 Å². The Bertz CT molecular complexity index is 852. The van der Waals surface area contributed by atoms with E-state index >= 15 is 0 Å². The molecule has 142 valence electrons. The maximum atomic E-state index is 13.0. The molecule has 2 aromatic carbocycles. The minimum Gasteiger partial charge on any atom is -0.408 e. The number of hydroxylamine groups is 1. The lowest BCUT2D eigenvalue weighted by molar-refractivity contribution is 0.162. The van der Waals surface area contributed by atoms with Gasteiger partial charge in [-0.3, -0.25) is 4.31 Å². The maximum Gasteiger partial charge on any atom is 0.231 e. The number of anilines is 1. The number of hydrogen-bond donors (Lipinski definition) is 1. The summed E-state index contributed by atoms with van der Waals surface area (Å²) in [6, 6.07) is 11.4. The molecule has 0 aromatic heterocycles. The molecule has 0 bridgehead atoms. The summed E-state index contributed by atoms with van der Waals surface area (Å²) in [6.45, 7) is 5.94. The second-order valence-electron chi connectivity index (χ2n) is 6.64. The van der Waals surface area contributed by atoms with E-state index in [1.54, 1.807) is 18.2 Å². The molecule has 2 rings (SSSR count). The van der Waals surface area contributed by atoms with Crippen LogP contribution in [0.5, 0.6) is 5.75 Å². The minimum atomic E-state index is -3.37. The number of sulfonamides is 1. The standard InChI is InChI=1S/C19H25FN2O3S/c1-13(2)16-10-18(22(4)26(5,23)24)12-19(11-16)25-21-14(3)15-6-8-17(20)9-7-15/h6-14,21H,1-5H3/t14-/m1/s1. The van der Waals surface area contributed by atoms with Crippen molar-refractivity contribution in [2.24, 2.45) is 0 Å². The molecule has 1 N–H and O–H groups in total. The van der Waals surface area contributed by atoms with Gasteiger partial charge in [0.05, 0.1) is 18.0 Å². The fourth-order valence-corrected chi connectivity index (χ4v) is 2.84. The summed E-state index contributed by atoms with van der Waals surface area (Å²) in [6.07, 6.45) is 1.16. The second kappa shape index (κ2) is 8.05. The number of benzene rings is 2. The normalized spacial score (nSPS) is 12.9. The SMILES string of the molecule is CC(C)c1cc(ON[C@H](C)c2ccc(F)cc2)cc(N(C)S(C)(=O)=O)c1. The number of nitrogens with one attached hydrogen (secondary N) is 1. The highest BCUT2D eigenvalue weighted by atomic mass is 32.2. The van der Waals surface area contributed by atoms with Crippen LogP contribution in [0.4, 0.5) is 10.1 Å². The van der Waals surface area contributed by atoms with Crippen LogP contribution in [0.25, 0.3) is 0 Å². The first kappa shape index (κ1) is 20.2. The van der Waals surface area contributed by atoms with Crippen LogP contribution in [0.15, 0.2) is 42.5 Å². The molecule has 1 atom stereocenters. The number of nitrogens with zero attached hydrogens (tertiary/aromatic N) is 1. The van der Waals surface area contributed by atoms with Gasteiger partial charge in [-0.1, -0.05) is 26.0 Å². The van der Waals surface area contributed by atoms with Gasteiger partial charge in [0, 0.05) is 13.1 Å². The predicted octanol–water partition coefficient (Wildman–Crippen LogP) is 3.99. The molecule has 0 saturated heterocycles. The third kappa shape index (κ3) is 5.19. The van der Waals surface area contributed by atoms with E-state index in [9.17, 15) is 12.8 Å². The predicted molar refractivity (Wildman–Crippen MR) is 102 cm³/mol. The molecule has 5 nitrogen and oxygen atoms in total. The summed E-state index contributed by atoms with van der Waals surface area (Å²) < 4.78 is 37.9. The molecular weight excluding hydrogens is 355 g/mol. The zero-order valence-electron chi connectivity index (χ0n) is 15.7. The second-order valence-corrected chi connectivity index (χ2v) is 8.65. The zero-order chi connectivity index (χ0) is 19.5. The topological polar surface area (TPSA) is 58.6 Å². The molecule has 0 aliphatic rings. The average molecular weight is 380 g/mol. The smallest absolute Gasteiger partial charge is 0.231 e. The van der Waals surface area contributed by atoms with Crippen LogP contribution in [-0.4, -0.2) is 21.7 Å². The molecule has 7 heteroatoms. The van der Waals surface area contributed by atoms with Gasteiger partial charge in [0.25, 0.3) is 0 Å². The lowest BCUT2D eigenvalue weighted by Gasteiger charge is -2.21. The van der Waals surface area contributed by atoms with Gasteiger partial charge in [-0.05, 0) is 48.2 Å². The van der Waals surface area contributed by atoms with E-state index in [1.165, 1.54) is 23.5 Å². The third-order valence-electron chi connectivity index (χ3n) is 4.16. The van der Waals surface area contributed by atoms with E-state index in [2.05, 4.69) is 5.48 Å². The van der Waals surface area contributed by atoms with E-state index in [4.69, 9.17) is 4.84 Å². The monoisotopic (exact) mass is 380 g/mol. The van der Waals surface area contributed by atoms with Crippen molar-refractivity contribution >= 4 is 15.7 Å². The molecule has 0 amide bonds. The van der Waals surface area contributed by atoms with Gasteiger partial charge in [0.1, 0.15) is 11.6 Å². The molecule has 2 aromatic rings. The van der Waals surface area contributed by atoms with Crippen molar-refractivity contribution in [3.63, 3.8) is 0 Å². The Labute approximate surface area is 154 Å². The van der Waals surface area contributed by atoms with Crippen LogP contribution in [-0.2, 0) is 10.0 Å². The largest absolute Gasteiger partial charge is 0.408 e. The lowest BCUT2D eigenvalue weighted by atomic mass is 10.0. The van der Waals surface area contributed by atoms with E-state index in [0.29, 0.717) is 11.4 Å². The van der Waals surface area contributed by atoms with Crippen molar-refractivity contribution in [3.8, 4) is 5.75 Å². The quantitative estimate of drug-likeness (QED) is 0.738. The summed E-state index contributed by atoms with van der Waals surface area (Å²) in [7, 11) is -1.86. The fourth-order valence-electron chi connectivity index (χ4n) is 2.35. The Kier molecular flexibility index (Phi) is 6.26. The van der Waals surface area contributed by atoms with Gasteiger partial charge in [0.15, 0.2) is 0 Å². The summed E-state index contributed by atoms with van der Waals surface area (Å²) in [5, 5.41) is 0. The summed E-state index contributed by atoms with van der Waals surface area (Å²) in [4.78, 5) is 5.68. The first-order valence-corrected chi connectivity index (χ1v) is 10.2. The minimum absolute atomic E-state index is 0.172. The van der Waals surface area contributed by atoms with Crippen LogP contribution in [0.1, 0.15) is 43.9 Å². The Morgan fingerprint density at radius 2 is 1.65 bits per heavy atom. The number of rotatable bonds is 7. The molecule has 0 radical (unpaired) electrons. The molecule has 0 saturated carbocycles. The van der Waals surface area contributed by atoms with Gasteiger partial charge in [-0.25, -0.2) is 12.8 Å². The molecule has 0 fully saturated rings. The molecule has 0 spiro atoms. The molecule has 0 aliphatic carbocycles. The average Bonchev–Trinajstić information content (AvgIpc) is 2.58. The lowest BCUT2D eigenvalue weighted by Crippen LogP contribution is -2.26. The summed E-state index contributed by atoms with van der Waals surface area (Å²) >= 11 is 0. The van der Waals surface area contributed by atoms with Crippen molar-refractivity contribution in [2.75, 3.05) is 17.6 Å². The molecule has 0 heterocycles. The van der Waals surface area contributed by atoms with Gasteiger partial charge in [-0.15, -0.1) is 5.48 Å². The van der Waals surface area contributed by atoms with Gasteiger partial charge < -0.3 is 4.84 Å². The van der Waals surface area contributed by atoms with Gasteiger partial charge in [0.2, 0.25) is 10.0 Å². The first-order valence-electron chi connectivity index (χ1n) is 8.34. The Morgan fingerprint density at radius 3 is 2.19 bits per heavy atom. The van der Waals surface area contributed by atoms with Crippen molar-refractivity contribution in [1.29, 1.82) is 0 Å². The maximum absolute atomic E-state index is 13.0. The van der Waals surface area contributed by atoms with Gasteiger partial charge in [-0.2, -0.15) is 0 Å².